The molecule has 0 spiro atoms. The number of aliphatic imine (C=N–C) groups is 1. The van der Waals surface area contributed by atoms with Crippen LogP contribution in [0.25, 0.3) is 0 Å². The topological polar surface area (TPSA) is 73.3 Å². The predicted molar refractivity (Wildman–Crippen MR) is 126 cm³/mol. The maximum absolute atomic E-state index is 5.73. The van der Waals surface area contributed by atoms with E-state index in [0.717, 1.165) is 48.1 Å². The van der Waals surface area contributed by atoms with E-state index < -0.39 is 0 Å². The van der Waals surface area contributed by atoms with Gasteiger partial charge in [0, 0.05) is 31.8 Å². The van der Waals surface area contributed by atoms with Crippen molar-refractivity contribution in [3.63, 3.8) is 0 Å². The van der Waals surface area contributed by atoms with E-state index in [-0.39, 0.29) is 24.0 Å². The number of hydrogen-bond acceptors (Lipinski definition) is 5. The molecule has 0 saturated carbocycles. The lowest BCUT2D eigenvalue weighted by Crippen LogP contribution is -2.32. The summed E-state index contributed by atoms with van der Waals surface area (Å²) in [7, 11) is 3.39. The fourth-order valence-electron chi connectivity index (χ4n) is 2.70. The van der Waals surface area contributed by atoms with Crippen molar-refractivity contribution in [3.8, 4) is 23.0 Å². The Morgan fingerprint density at radius 3 is 2.48 bits per heavy atom. The maximum atomic E-state index is 5.73. The van der Waals surface area contributed by atoms with Crippen LogP contribution in [0.5, 0.6) is 23.0 Å². The van der Waals surface area contributed by atoms with Gasteiger partial charge >= 0.3 is 0 Å². The number of nitrogens with zero attached hydrogens (tertiary/aromatic N) is 1. The lowest BCUT2D eigenvalue weighted by molar-refractivity contribution is 0.297. The zero-order valence-electron chi connectivity index (χ0n) is 16.8. The number of rotatable bonds is 7. The highest BCUT2D eigenvalue weighted by atomic mass is 127. The van der Waals surface area contributed by atoms with Crippen molar-refractivity contribution in [3.05, 3.63) is 42.5 Å². The summed E-state index contributed by atoms with van der Waals surface area (Å²) < 4.78 is 22.2. The van der Waals surface area contributed by atoms with Gasteiger partial charge in [0.05, 0.1) is 26.9 Å². The van der Waals surface area contributed by atoms with Crippen molar-refractivity contribution < 1.29 is 18.9 Å². The average molecular weight is 513 g/mol. The maximum Gasteiger partial charge on any atom is 0.195 e. The van der Waals surface area contributed by atoms with Crippen molar-refractivity contribution in [2.24, 2.45) is 4.99 Å². The summed E-state index contributed by atoms with van der Waals surface area (Å²) in [6.07, 6.45) is 1.73. The number of ether oxygens (including phenoxy) is 4. The van der Waals surface area contributed by atoms with E-state index in [0.29, 0.717) is 25.8 Å². The van der Waals surface area contributed by atoms with E-state index in [2.05, 4.69) is 15.6 Å². The van der Waals surface area contributed by atoms with E-state index in [4.69, 9.17) is 18.9 Å². The molecule has 7 nitrogen and oxygen atoms in total. The highest BCUT2D eigenvalue weighted by Crippen LogP contribution is 2.32. The molecule has 0 radical (unpaired) electrons. The zero-order chi connectivity index (χ0) is 19.6. The van der Waals surface area contributed by atoms with Crippen LogP contribution in [0.15, 0.2) is 47.5 Å². The average Bonchev–Trinajstić information content (AvgIpc) is 2.98. The Labute approximate surface area is 188 Å². The Bertz CT molecular complexity index is 784. The summed E-state index contributed by atoms with van der Waals surface area (Å²) in [4.78, 5) is 4.26. The van der Waals surface area contributed by atoms with Crippen molar-refractivity contribution in [2.45, 2.75) is 12.8 Å². The molecular formula is C21H28IN3O4. The molecule has 0 aromatic heterocycles. The van der Waals surface area contributed by atoms with Crippen molar-refractivity contribution >= 4 is 35.6 Å². The first-order chi connectivity index (χ1) is 13.8. The first-order valence-electron chi connectivity index (χ1n) is 9.42. The molecule has 1 aliphatic rings. The lowest BCUT2D eigenvalue weighted by Gasteiger charge is -2.14. The molecule has 2 aromatic carbocycles. The van der Waals surface area contributed by atoms with Gasteiger partial charge in [0.2, 0.25) is 0 Å². The molecule has 0 unspecified atom stereocenters. The van der Waals surface area contributed by atoms with E-state index in [1.165, 1.54) is 0 Å². The lowest BCUT2D eigenvalue weighted by atomic mass is 10.3. The van der Waals surface area contributed by atoms with E-state index in [1.54, 1.807) is 14.2 Å². The van der Waals surface area contributed by atoms with Crippen molar-refractivity contribution in [2.75, 3.05) is 45.8 Å². The fourth-order valence-corrected chi connectivity index (χ4v) is 2.70. The van der Waals surface area contributed by atoms with Crippen LogP contribution >= 0.6 is 24.0 Å². The van der Waals surface area contributed by atoms with Crippen LogP contribution in [0.2, 0.25) is 0 Å². The molecule has 8 heteroatoms. The fraction of sp³-hybridized carbons (Fsp3) is 0.381. The first kappa shape index (κ1) is 22.9. The summed E-state index contributed by atoms with van der Waals surface area (Å²) in [6, 6.07) is 13.4. The number of hydrogen-bond donors (Lipinski definition) is 2. The minimum absolute atomic E-state index is 0. The molecular weight excluding hydrogens is 485 g/mol. The number of anilines is 1. The number of halogens is 1. The Kier molecular flexibility index (Phi) is 9.69. The second-order valence-corrected chi connectivity index (χ2v) is 6.21. The SMILES string of the molecule is CN=C(NCCCOc1ccc(OC)cc1)Nc1ccc2c(c1)OCCCO2.I. The second kappa shape index (κ2) is 12.3. The van der Waals surface area contributed by atoms with E-state index >= 15 is 0 Å². The normalized spacial score (nSPS) is 13.0. The number of benzene rings is 2. The summed E-state index contributed by atoms with van der Waals surface area (Å²) in [5.41, 5.74) is 0.895. The van der Waals surface area contributed by atoms with Gasteiger partial charge in [-0.2, -0.15) is 0 Å². The minimum Gasteiger partial charge on any atom is -0.497 e. The van der Waals surface area contributed by atoms with Crippen LogP contribution in [0.1, 0.15) is 12.8 Å². The van der Waals surface area contributed by atoms with Gasteiger partial charge in [0.1, 0.15) is 11.5 Å². The van der Waals surface area contributed by atoms with E-state index in [9.17, 15) is 0 Å². The summed E-state index contributed by atoms with van der Waals surface area (Å²) in [6.45, 7) is 2.69. The van der Waals surface area contributed by atoms with Gasteiger partial charge < -0.3 is 29.6 Å². The van der Waals surface area contributed by atoms with Gasteiger partial charge in [0.15, 0.2) is 17.5 Å². The van der Waals surface area contributed by atoms with Gasteiger partial charge in [-0.25, -0.2) is 0 Å². The molecule has 2 aromatic rings. The van der Waals surface area contributed by atoms with Gasteiger partial charge in [-0.3, -0.25) is 4.99 Å². The molecule has 3 rings (SSSR count). The molecule has 2 N–H and O–H groups in total. The van der Waals surface area contributed by atoms with Gasteiger partial charge in [0.25, 0.3) is 0 Å². The Balaban J connectivity index is 0.00000300. The monoisotopic (exact) mass is 513 g/mol. The smallest absolute Gasteiger partial charge is 0.195 e. The highest BCUT2D eigenvalue weighted by Gasteiger charge is 2.11. The zero-order valence-corrected chi connectivity index (χ0v) is 19.1. The Morgan fingerprint density at radius 1 is 1.03 bits per heavy atom. The quantitative estimate of drug-likeness (QED) is 0.253. The summed E-state index contributed by atoms with van der Waals surface area (Å²) in [5.74, 6) is 3.88. The third-order valence-corrected chi connectivity index (χ3v) is 4.18. The van der Waals surface area contributed by atoms with Crippen LogP contribution in [0.4, 0.5) is 5.69 Å². The molecule has 0 atom stereocenters. The van der Waals surface area contributed by atoms with Gasteiger partial charge in [-0.1, -0.05) is 0 Å². The number of nitrogens with one attached hydrogen (secondary N) is 2. The molecule has 0 aliphatic carbocycles. The Morgan fingerprint density at radius 2 is 1.76 bits per heavy atom. The molecule has 29 heavy (non-hydrogen) atoms. The second-order valence-electron chi connectivity index (χ2n) is 6.21. The molecule has 0 fully saturated rings. The molecule has 158 valence electrons. The molecule has 0 saturated heterocycles. The van der Waals surface area contributed by atoms with E-state index in [1.807, 2.05) is 42.5 Å². The first-order valence-corrected chi connectivity index (χ1v) is 9.42. The molecule has 0 amide bonds. The largest absolute Gasteiger partial charge is 0.497 e. The van der Waals surface area contributed by atoms with Crippen LogP contribution < -0.4 is 29.6 Å². The molecule has 1 heterocycles. The molecule has 1 aliphatic heterocycles. The van der Waals surface area contributed by atoms with Crippen molar-refractivity contribution in [1.29, 1.82) is 0 Å². The predicted octanol–water partition coefficient (Wildman–Crippen LogP) is 3.93. The van der Waals surface area contributed by atoms with Crippen LogP contribution in [-0.4, -0.2) is 46.5 Å². The minimum atomic E-state index is 0. The van der Waals surface area contributed by atoms with Crippen LogP contribution in [0.3, 0.4) is 0 Å². The van der Waals surface area contributed by atoms with Crippen LogP contribution in [-0.2, 0) is 0 Å². The summed E-state index contributed by atoms with van der Waals surface area (Å²) >= 11 is 0. The Hall–Kier alpha value is -2.36. The van der Waals surface area contributed by atoms with Gasteiger partial charge in [-0.05, 0) is 42.8 Å². The standard InChI is InChI=1S/C21H27N3O4.HI/c1-22-21(23-11-3-12-26-18-8-6-17(25-2)7-9-18)24-16-5-10-19-20(15-16)28-14-4-13-27-19;/h5-10,15H,3-4,11-14H2,1-2H3,(H2,22,23,24);1H. The van der Waals surface area contributed by atoms with Gasteiger partial charge in [-0.15, -0.1) is 24.0 Å². The highest BCUT2D eigenvalue weighted by molar-refractivity contribution is 14.0. The van der Waals surface area contributed by atoms with Crippen molar-refractivity contribution in [1.82, 2.24) is 5.32 Å². The summed E-state index contributed by atoms with van der Waals surface area (Å²) in [5, 5.41) is 6.55. The van der Waals surface area contributed by atoms with Crippen LogP contribution in [0, 0.1) is 0 Å². The number of guanidine groups is 1. The third kappa shape index (κ3) is 7.19. The number of methoxy groups -OCH3 is 1. The number of fused-ring (bicyclic) bond motifs is 1. The third-order valence-electron chi connectivity index (χ3n) is 4.18. The molecule has 0 bridgehead atoms.